The van der Waals surface area contributed by atoms with Gasteiger partial charge in [0.1, 0.15) is 0 Å². The van der Waals surface area contributed by atoms with Gasteiger partial charge in [0.2, 0.25) is 0 Å². The fraction of sp³-hybridized carbons (Fsp3) is 0.583. The molecule has 0 bridgehead atoms. The standard InChI is InChI=1S/C12H16O3S/c1-2-9-3-4-10(16-9)7-12(15)5-8(6-12)11(13)14/h3-4,8,15H,2,5-7H2,1H3,(H,13,14). The predicted octanol–water partition coefficient (Wildman–Crippen LogP) is 2.08. The number of aliphatic carboxylic acids is 1. The second-order valence-electron chi connectivity index (χ2n) is 4.57. The average Bonchev–Trinajstić information content (AvgIpc) is 2.61. The fourth-order valence-electron chi connectivity index (χ4n) is 2.21. The van der Waals surface area contributed by atoms with Crippen LogP contribution in [0.25, 0.3) is 0 Å². The Morgan fingerprint density at radius 1 is 1.50 bits per heavy atom. The second-order valence-corrected chi connectivity index (χ2v) is 5.82. The molecule has 2 N–H and O–H groups in total. The summed E-state index contributed by atoms with van der Waals surface area (Å²) in [6.07, 6.45) is 2.39. The van der Waals surface area contributed by atoms with Crippen molar-refractivity contribution in [3.63, 3.8) is 0 Å². The topological polar surface area (TPSA) is 57.5 Å². The summed E-state index contributed by atoms with van der Waals surface area (Å²) in [5, 5.41) is 18.9. The molecule has 0 spiro atoms. The van der Waals surface area contributed by atoms with Crippen LogP contribution in [0.3, 0.4) is 0 Å². The van der Waals surface area contributed by atoms with Gasteiger partial charge in [-0.05, 0) is 31.4 Å². The lowest BCUT2D eigenvalue weighted by atomic mass is 9.69. The lowest BCUT2D eigenvalue weighted by molar-refractivity contribution is -0.157. The van der Waals surface area contributed by atoms with Gasteiger partial charge in [-0.3, -0.25) is 4.79 Å². The van der Waals surface area contributed by atoms with Gasteiger partial charge >= 0.3 is 5.97 Å². The number of rotatable bonds is 4. The number of aliphatic hydroxyl groups is 1. The molecule has 0 saturated heterocycles. The van der Waals surface area contributed by atoms with E-state index in [0.29, 0.717) is 19.3 Å². The van der Waals surface area contributed by atoms with Crippen LogP contribution in [0.4, 0.5) is 0 Å². The van der Waals surface area contributed by atoms with E-state index in [1.807, 2.05) is 6.07 Å². The molecule has 0 aliphatic heterocycles. The normalized spacial score (nSPS) is 28.8. The van der Waals surface area contributed by atoms with Gasteiger partial charge in [0, 0.05) is 16.2 Å². The summed E-state index contributed by atoms with van der Waals surface area (Å²) in [4.78, 5) is 13.1. The quantitative estimate of drug-likeness (QED) is 0.847. The molecule has 16 heavy (non-hydrogen) atoms. The minimum atomic E-state index is -0.787. The predicted molar refractivity (Wildman–Crippen MR) is 62.7 cm³/mol. The third kappa shape index (κ3) is 2.28. The summed E-state index contributed by atoms with van der Waals surface area (Å²) in [5.41, 5.74) is -0.779. The van der Waals surface area contributed by atoms with E-state index in [0.717, 1.165) is 11.3 Å². The highest BCUT2D eigenvalue weighted by Crippen LogP contribution is 2.41. The maximum atomic E-state index is 10.7. The number of carbonyl (C=O) groups is 1. The van der Waals surface area contributed by atoms with Gasteiger partial charge in [-0.15, -0.1) is 11.3 Å². The molecule has 4 heteroatoms. The van der Waals surface area contributed by atoms with E-state index in [-0.39, 0.29) is 5.92 Å². The molecule has 0 amide bonds. The molecule has 1 aliphatic carbocycles. The van der Waals surface area contributed by atoms with Gasteiger partial charge in [0.05, 0.1) is 11.5 Å². The van der Waals surface area contributed by atoms with Crippen LogP contribution in [0.1, 0.15) is 29.5 Å². The molecule has 0 atom stereocenters. The number of aryl methyl sites for hydroxylation is 1. The highest BCUT2D eigenvalue weighted by atomic mass is 32.1. The minimum absolute atomic E-state index is 0.351. The molecule has 0 radical (unpaired) electrons. The number of hydrogen-bond donors (Lipinski definition) is 2. The van der Waals surface area contributed by atoms with Crippen molar-refractivity contribution in [3.8, 4) is 0 Å². The third-order valence-electron chi connectivity index (χ3n) is 3.17. The molecule has 1 aromatic rings. The summed E-state index contributed by atoms with van der Waals surface area (Å²) >= 11 is 1.71. The summed E-state index contributed by atoms with van der Waals surface area (Å²) < 4.78 is 0. The summed E-state index contributed by atoms with van der Waals surface area (Å²) in [5.74, 6) is -1.14. The van der Waals surface area contributed by atoms with E-state index in [1.54, 1.807) is 11.3 Å². The van der Waals surface area contributed by atoms with Gasteiger partial charge < -0.3 is 10.2 Å². The Balaban J connectivity index is 1.93. The Hall–Kier alpha value is -0.870. The van der Waals surface area contributed by atoms with Crippen LogP contribution in [-0.4, -0.2) is 21.8 Å². The first-order valence-corrected chi connectivity index (χ1v) is 6.37. The highest BCUT2D eigenvalue weighted by Gasteiger charge is 2.46. The molecule has 2 rings (SSSR count). The van der Waals surface area contributed by atoms with Crippen molar-refractivity contribution in [1.82, 2.24) is 0 Å². The zero-order valence-corrected chi connectivity index (χ0v) is 10.1. The maximum Gasteiger partial charge on any atom is 0.306 e. The number of carboxylic acids is 1. The van der Waals surface area contributed by atoms with E-state index in [9.17, 15) is 9.90 Å². The van der Waals surface area contributed by atoms with Crippen molar-refractivity contribution in [2.75, 3.05) is 0 Å². The highest BCUT2D eigenvalue weighted by molar-refractivity contribution is 7.12. The van der Waals surface area contributed by atoms with Crippen LogP contribution in [-0.2, 0) is 17.6 Å². The van der Waals surface area contributed by atoms with Crippen molar-refractivity contribution in [2.45, 2.75) is 38.2 Å². The number of carboxylic acid groups (broad SMARTS) is 1. The van der Waals surface area contributed by atoms with Gasteiger partial charge in [-0.2, -0.15) is 0 Å². The Bertz CT molecular complexity index is 391. The van der Waals surface area contributed by atoms with Crippen LogP contribution < -0.4 is 0 Å². The average molecular weight is 240 g/mol. The molecular formula is C12H16O3S. The molecule has 0 aromatic carbocycles. The molecule has 3 nitrogen and oxygen atoms in total. The van der Waals surface area contributed by atoms with E-state index in [4.69, 9.17) is 5.11 Å². The Morgan fingerprint density at radius 2 is 2.12 bits per heavy atom. The van der Waals surface area contributed by atoms with Crippen LogP contribution in [0.2, 0.25) is 0 Å². The Labute approximate surface area is 98.7 Å². The van der Waals surface area contributed by atoms with Crippen LogP contribution in [0, 0.1) is 5.92 Å². The molecule has 1 fully saturated rings. The molecule has 1 heterocycles. The Morgan fingerprint density at radius 3 is 2.62 bits per heavy atom. The molecule has 0 unspecified atom stereocenters. The van der Waals surface area contributed by atoms with Crippen molar-refractivity contribution in [1.29, 1.82) is 0 Å². The summed E-state index contributed by atoms with van der Waals surface area (Å²) in [7, 11) is 0. The summed E-state index contributed by atoms with van der Waals surface area (Å²) in [6.45, 7) is 2.11. The van der Waals surface area contributed by atoms with Crippen LogP contribution >= 0.6 is 11.3 Å². The number of hydrogen-bond acceptors (Lipinski definition) is 3. The smallest absolute Gasteiger partial charge is 0.306 e. The molecule has 1 aromatic heterocycles. The maximum absolute atomic E-state index is 10.7. The van der Waals surface area contributed by atoms with Crippen LogP contribution in [0.5, 0.6) is 0 Å². The van der Waals surface area contributed by atoms with Crippen LogP contribution in [0.15, 0.2) is 12.1 Å². The first kappa shape index (κ1) is 11.6. The van der Waals surface area contributed by atoms with E-state index in [2.05, 4.69) is 13.0 Å². The summed E-state index contributed by atoms with van der Waals surface area (Å²) in [6, 6.07) is 4.12. The van der Waals surface area contributed by atoms with Crippen molar-refractivity contribution < 1.29 is 15.0 Å². The van der Waals surface area contributed by atoms with Crippen molar-refractivity contribution in [2.24, 2.45) is 5.92 Å². The molecular weight excluding hydrogens is 224 g/mol. The lowest BCUT2D eigenvalue weighted by Crippen LogP contribution is -2.48. The van der Waals surface area contributed by atoms with Gasteiger partial charge in [-0.1, -0.05) is 6.92 Å². The Kier molecular flexibility index (Phi) is 3.04. The third-order valence-corrected chi connectivity index (χ3v) is 4.40. The second kappa shape index (κ2) is 4.18. The lowest BCUT2D eigenvalue weighted by Gasteiger charge is -2.41. The van der Waals surface area contributed by atoms with E-state index in [1.165, 1.54) is 4.88 Å². The van der Waals surface area contributed by atoms with E-state index >= 15 is 0 Å². The monoisotopic (exact) mass is 240 g/mol. The van der Waals surface area contributed by atoms with Gasteiger partial charge in [-0.25, -0.2) is 0 Å². The largest absolute Gasteiger partial charge is 0.481 e. The molecule has 1 saturated carbocycles. The first-order valence-electron chi connectivity index (χ1n) is 5.55. The van der Waals surface area contributed by atoms with Crippen molar-refractivity contribution >= 4 is 17.3 Å². The zero-order valence-electron chi connectivity index (χ0n) is 9.27. The zero-order chi connectivity index (χ0) is 11.8. The minimum Gasteiger partial charge on any atom is -0.481 e. The van der Waals surface area contributed by atoms with E-state index < -0.39 is 11.6 Å². The van der Waals surface area contributed by atoms with Gasteiger partial charge in [0.25, 0.3) is 0 Å². The van der Waals surface area contributed by atoms with Gasteiger partial charge in [0.15, 0.2) is 0 Å². The molecule has 1 aliphatic rings. The van der Waals surface area contributed by atoms with Crippen molar-refractivity contribution in [3.05, 3.63) is 21.9 Å². The fourth-order valence-corrected chi connectivity index (χ4v) is 3.30. The number of thiophene rings is 1. The SMILES string of the molecule is CCc1ccc(CC2(O)CC(C(=O)O)C2)s1. The molecule has 88 valence electrons. The first-order chi connectivity index (χ1) is 7.52.